The first-order chi connectivity index (χ1) is 17.8. The summed E-state index contributed by atoms with van der Waals surface area (Å²) in [5.41, 5.74) is 2.67. The third-order valence-corrected chi connectivity index (χ3v) is 8.84. The Morgan fingerprint density at radius 2 is 1.46 bits per heavy atom. The zero-order valence-electron chi connectivity index (χ0n) is 20.1. The summed E-state index contributed by atoms with van der Waals surface area (Å²) in [6, 6.07) is 23.4. The number of hydrogen-bond acceptors (Lipinski definition) is 5. The van der Waals surface area contributed by atoms with Gasteiger partial charge < -0.3 is 0 Å². The summed E-state index contributed by atoms with van der Waals surface area (Å²) in [6.45, 7) is 1.42. The maximum atomic E-state index is 13.9. The zero-order valence-corrected chi connectivity index (χ0v) is 22.4. The molecule has 0 saturated carbocycles. The first-order valence-electron chi connectivity index (χ1n) is 12.2. The van der Waals surface area contributed by atoms with Crippen molar-refractivity contribution in [2.75, 3.05) is 19.6 Å². The van der Waals surface area contributed by atoms with Crippen molar-refractivity contribution < 1.29 is 8.42 Å². The topological polar surface area (TPSA) is 80.1 Å². The van der Waals surface area contributed by atoms with E-state index < -0.39 is 10.0 Å². The predicted octanol–water partition coefficient (Wildman–Crippen LogP) is 5.82. The summed E-state index contributed by atoms with van der Waals surface area (Å²) in [4.78, 5) is 0.0768. The average molecular weight is 557 g/mol. The fourth-order valence-electron chi connectivity index (χ4n) is 4.73. The van der Waals surface area contributed by atoms with Crippen molar-refractivity contribution in [3.8, 4) is 0 Å². The van der Waals surface area contributed by atoms with Gasteiger partial charge in [-0.1, -0.05) is 72.1 Å². The third-order valence-electron chi connectivity index (χ3n) is 6.61. The molecule has 1 atom stereocenters. The van der Waals surface area contributed by atoms with E-state index >= 15 is 0 Å². The van der Waals surface area contributed by atoms with Crippen molar-refractivity contribution in [3.05, 3.63) is 100 Å². The first-order valence-corrected chi connectivity index (χ1v) is 14.4. The predicted molar refractivity (Wildman–Crippen MR) is 148 cm³/mol. The lowest BCUT2D eigenvalue weighted by atomic mass is 9.91. The molecule has 10 heteroatoms. The monoisotopic (exact) mass is 555 g/mol. The summed E-state index contributed by atoms with van der Waals surface area (Å²) in [6.07, 6.45) is 2.73. The molecular formula is C27H27Cl2N5O2S. The van der Waals surface area contributed by atoms with Crippen LogP contribution < -0.4 is 0 Å². The molecule has 2 aliphatic heterocycles. The van der Waals surface area contributed by atoms with Gasteiger partial charge in [-0.25, -0.2) is 10.0 Å². The van der Waals surface area contributed by atoms with E-state index in [0.29, 0.717) is 29.7 Å². The number of hydrazone groups is 1. The molecular weight excluding hydrogens is 529 g/mol. The number of guanidine groups is 1. The summed E-state index contributed by atoms with van der Waals surface area (Å²) < 4.78 is 28.9. The molecule has 1 unspecified atom stereocenters. The maximum absolute atomic E-state index is 13.9. The lowest BCUT2D eigenvalue weighted by molar-refractivity contribution is 0.0831. The second-order valence-electron chi connectivity index (χ2n) is 9.08. The van der Waals surface area contributed by atoms with Crippen LogP contribution in [0.2, 0.25) is 10.0 Å². The van der Waals surface area contributed by atoms with Gasteiger partial charge in [0.05, 0.1) is 17.2 Å². The zero-order chi connectivity index (χ0) is 26.0. The van der Waals surface area contributed by atoms with Crippen molar-refractivity contribution >= 4 is 44.9 Å². The summed E-state index contributed by atoms with van der Waals surface area (Å²) in [7, 11) is -4.08. The van der Waals surface area contributed by atoms with Crippen LogP contribution in [0.5, 0.6) is 0 Å². The van der Waals surface area contributed by atoms with Gasteiger partial charge in [0.1, 0.15) is 0 Å². The molecule has 0 aromatic heterocycles. The molecule has 5 rings (SSSR count). The molecule has 7 nitrogen and oxygen atoms in total. The van der Waals surface area contributed by atoms with Gasteiger partial charge in [0.25, 0.3) is 10.0 Å². The highest BCUT2D eigenvalue weighted by atomic mass is 35.5. The molecule has 1 fully saturated rings. The number of hydrazine groups is 1. The normalized spacial score (nSPS) is 18.5. The van der Waals surface area contributed by atoms with Gasteiger partial charge in [-0.05, 0) is 60.4 Å². The minimum absolute atomic E-state index is 0.0768. The fraction of sp³-hybridized carbons (Fsp3) is 0.259. The summed E-state index contributed by atoms with van der Waals surface area (Å²) >= 11 is 12.1. The van der Waals surface area contributed by atoms with Gasteiger partial charge in [-0.3, -0.25) is 5.41 Å². The van der Waals surface area contributed by atoms with E-state index in [4.69, 9.17) is 33.7 Å². The number of sulfonamides is 1. The van der Waals surface area contributed by atoms with Crippen LogP contribution in [0.15, 0.2) is 88.9 Å². The molecule has 1 N–H and O–H groups in total. The van der Waals surface area contributed by atoms with Crippen LogP contribution in [0.3, 0.4) is 0 Å². The van der Waals surface area contributed by atoms with Crippen LogP contribution in [0.4, 0.5) is 0 Å². The number of hydrogen-bond donors (Lipinski definition) is 1. The van der Waals surface area contributed by atoms with Crippen molar-refractivity contribution in [1.82, 2.24) is 14.4 Å². The van der Waals surface area contributed by atoms with Crippen molar-refractivity contribution in [3.63, 3.8) is 0 Å². The molecule has 1 saturated heterocycles. The van der Waals surface area contributed by atoms with Crippen LogP contribution in [-0.4, -0.2) is 54.2 Å². The fourth-order valence-corrected chi connectivity index (χ4v) is 6.45. The molecule has 0 amide bonds. The highest BCUT2D eigenvalue weighted by Crippen LogP contribution is 2.32. The second kappa shape index (κ2) is 10.8. The van der Waals surface area contributed by atoms with Crippen LogP contribution in [-0.2, 0) is 10.0 Å². The number of nitrogens with zero attached hydrogens (tertiary/aromatic N) is 4. The van der Waals surface area contributed by atoms with Gasteiger partial charge in [-0.15, -0.1) is 0 Å². The Morgan fingerprint density at radius 3 is 2.08 bits per heavy atom. The van der Waals surface area contributed by atoms with E-state index in [9.17, 15) is 8.42 Å². The van der Waals surface area contributed by atoms with Crippen LogP contribution in [0, 0.1) is 5.41 Å². The Hall–Kier alpha value is -2.91. The lowest BCUT2D eigenvalue weighted by Crippen LogP contribution is -2.55. The number of benzene rings is 3. The Bertz CT molecular complexity index is 1390. The number of piperidine rings is 1. The largest absolute Gasteiger partial charge is 0.280 e. The first kappa shape index (κ1) is 25.7. The molecule has 3 aromatic carbocycles. The van der Waals surface area contributed by atoms with Crippen LogP contribution >= 0.6 is 23.2 Å². The standard InChI is InChI=1S/C27H27Cl2N5O2S/c28-22-11-9-21(10-12-22)26-25(20-7-3-1-4-8-20)19-33(31-26)27(30)34(32-17-5-2-6-18-32)37(35,36)24-15-13-23(29)14-16-24/h1,3-4,7-16,25,30H,2,5-6,17-19H2. The molecule has 2 heterocycles. The smallest absolute Gasteiger partial charge is 0.266 e. The number of nitrogens with one attached hydrogen (secondary N) is 1. The third kappa shape index (κ3) is 5.38. The second-order valence-corrected chi connectivity index (χ2v) is 11.7. The molecule has 0 aliphatic carbocycles. The van der Waals surface area contributed by atoms with Crippen LogP contribution in [0.1, 0.15) is 36.3 Å². The Labute approximate surface area is 227 Å². The molecule has 37 heavy (non-hydrogen) atoms. The van der Waals surface area contributed by atoms with E-state index in [1.54, 1.807) is 29.3 Å². The van der Waals surface area contributed by atoms with Crippen molar-refractivity contribution in [2.45, 2.75) is 30.1 Å². The summed E-state index contributed by atoms with van der Waals surface area (Å²) in [5.74, 6) is -0.356. The molecule has 0 spiro atoms. The van der Waals surface area contributed by atoms with Crippen LogP contribution in [0.25, 0.3) is 0 Å². The van der Waals surface area contributed by atoms with Gasteiger partial charge in [-0.2, -0.15) is 17.9 Å². The quantitative estimate of drug-likeness (QED) is 0.317. The van der Waals surface area contributed by atoms with Gasteiger partial charge in [0.15, 0.2) is 0 Å². The van der Waals surface area contributed by atoms with Gasteiger partial charge >= 0.3 is 0 Å². The molecule has 0 bridgehead atoms. The Balaban J connectivity index is 1.55. The Kier molecular flexibility index (Phi) is 7.53. The molecule has 3 aromatic rings. The van der Waals surface area contributed by atoms with Gasteiger partial charge in [0.2, 0.25) is 5.96 Å². The van der Waals surface area contributed by atoms with E-state index in [1.165, 1.54) is 17.1 Å². The SMILES string of the molecule is N=C(N1CC(c2ccccc2)C(c2ccc(Cl)cc2)=N1)N(N1CCCCC1)S(=O)(=O)c1ccc(Cl)cc1. The minimum Gasteiger partial charge on any atom is -0.266 e. The van der Waals surface area contributed by atoms with Crippen molar-refractivity contribution in [2.24, 2.45) is 5.10 Å². The minimum atomic E-state index is -4.08. The average Bonchev–Trinajstić information content (AvgIpc) is 3.36. The highest BCUT2D eigenvalue weighted by molar-refractivity contribution is 7.89. The maximum Gasteiger partial charge on any atom is 0.280 e. The highest BCUT2D eigenvalue weighted by Gasteiger charge is 2.39. The van der Waals surface area contributed by atoms with E-state index in [2.05, 4.69) is 0 Å². The molecule has 2 aliphatic rings. The Morgan fingerprint density at radius 1 is 0.865 bits per heavy atom. The van der Waals surface area contributed by atoms with E-state index in [1.807, 2.05) is 42.5 Å². The number of halogens is 2. The molecule has 192 valence electrons. The summed E-state index contributed by atoms with van der Waals surface area (Å²) in [5, 5.41) is 18.2. The number of rotatable bonds is 5. The van der Waals surface area contributed by atoms with Gasteiger partial charge in [0, 0.05) is 29.1 Å². The van der Waals surface area contributed by atoms with Crippen molar-refractivity contribution in [1.29, 1.82) is 5.41 Å². The van der Waals surface area contributed by atoms with E-state index in [-0.39, 0.29) is 16.8 Å². The van der Waals surface area contributed by atoms with E-state index in [0.717, 1.165) is 40.5 Å². The molecule has 0 radical (unpaired) electrons. The lowest BCUT2D eigenvalue weighted by Gasteiger charge is -2.38.